The standard InChI is InChI=1S/C9H18.2CHNO/c1-8-6-4-5-7-9(8,2)3;2*2-1-3/h8H,4-7H2,1-3H3;2*2H. The Morgan fingerprint density at radius 3 is 1.73 bits per heavy atom. The average Bonchev–Trinajstić information content (AvgIpc) is 2.13. The number of isocyanates is 2. The second-order valence-corrected chi connectivity index (χ2v) is 4.34. The van der Waals surface area contributed by atoms with E-state index < -0.39 is 0 Å². The summed E-state index contributed by atoms with van der Waals surface area (Å²) >= 11 is 0. The van der Waals surface area contributed by atoms with Crippen LogP contribution >= 0.6 is 0 Å². The molecule has 0 bridgehead atoms. The van der Waals surface area contributed by atoms with Gasteiger partial charge >= 0.3 is 0 Å². The third-order valence-electron chi connectivity index (χ3n) is 3.04. The Balaban J connectivity index is 0. The summed E-state index contributed by atoms with van der Waals surface area (Å²) in [6.07, 6.45) is 7.31. The van der Waals surface area contributed by atoms with Crippen LogP contribution < -0.4 is 0 Å². The van der Waals surface area contributed by atoms with E-state index in [1.165, 1.54) is 25.7 Å². The van der Waals surface area contributed by atoms with Crippen molar-refractivity contribution in [3.05, 3.63) is 0 Å². The predicted molar refractivity (Wildman–Crippen MR) is 58.2 cm³/mol. The molecule has 1 aliphatic carbocycles. The first-order valence-corrected chi connectivity index (χ1v) is 5.04. The molecule has 0 aliphatic heterocycles. The first-order valence-electron chi connectivity index (χ1n) is 5.04. The van der Waals surface area contributed by atoms with Crippen molar-refractivity contribution < 1.29 is 9.59 Å². The maximum absolute atomic E-state index is 8.35. The average molecular weight is 212 g/mol. The molecular formula is C11H20N2O2. The van der Waals surface area contributed by atoms with E-state index in [0.29, 0.717) is 5.41 Å². The minimum absolute atomic E-state index is 0.637. The van der Waals surface area contributed by atoms with Gasteiger partial charge in [0.05, 0.1) is 0 Å². The van der Waals surface area contributed by atoms with Gasteiger partial charge in [-0.3, -0.25) is 0 Å². The molecule has 1 saturated carbocycles. The quantitative estimate of drug-likeness (QED) is 0.478. The van der Waals surface area contributed by atoms with Crippen LogP contribution in [0.4, 0.5) is 0 Å². The summed E-state index contributed by atoms with van der Waals surface area (Å²) in [4.78, 5) is 16.7. The van der Waals surface area contributed by atoms with Gasteiger partial charge in [0.25, 0.3) is 0 Å². The Morgan fingerprint density at radius 2 is 1.53 bits per heavy atom. The summed E-state index contributed by atoms with van der Waals surface area (Å²) in [6.45, 7) is 7.19. The van der Waals surface area contributed by atoms with Gasteiger partial charge in [-0.15, -0.1) is 0 Å². The van der Waals surface area contributed by atoms with Crippen molar-refractivity contribution in [2.24, 2.45) is 11.3 Å². The van der Waals surface area contributed by atoms with Crippen LogP contribution in [-0.2, 0) is 9.59 Å². The molecule has 0 aromatic rings. The van der Waals surface area contributed by atoms with Crippen LogP contribution in [0.2, 0.25) is 0 Å². The molecule has 4 nitrogen and oxygen atoms in total. The zero-order chi connectivity index (χ0) is 12.3. The molecule has 0 amide bonds. The Labute approximate surface area is 91.1 Å². The molecule has 15 heavy (non-hydrogen) atoms. The smallest absolute Gasteiger partial charge is 0.222 e. The molecule has 1 rings (SSSR count). The van der Waals surface area contributed by atoms with E-state index in [1.807, 2.05) is 0 Å². The molecule has 1 unspecified atom stereocenters. The van der Waals surface area contributed by atoms with E-state index in [1.54, 1.807) is 0 Å². The Morgan fingerprint density at radius 1 is 1.13 bits per heavy atom. The van der Waals surface area contributed by atoms with Crippen LogP contribution in [0, 0.1) is 22.2 Å². The van der Waals surface area contributed by atoms with Gasteiger partial charge in [-0.2, -0.15) is 0 Å². The van der Waals surface area contributed by atoms with E-state index in [0.717, 1.165) is 18.1 Å². The normalized spacial score (nSPS) is 21.7. The van der Waals surface area contributed by atoms with Gasteiger partial charge < -0.3 is 0 Å². The Bertz CT molecular complexity index is 213. The summed E-state index contributed by atoms with van der Waals surface area (Å²) in [5.74, 6) is 0.950. The van der Waals surface area contributed by atoms with Crippen molar-refractivity contribution >= 4 is 12.2 Å². The summed E-state index contributed by atoms with van der Waals surface area (Å²) in [6, 6.07) is 0. The van der Waals surface area contributed by atoms with Crippen molar-refractivity contribution in [3.63, 3.8) is 0 Å². The zero-order valence-corrected chi connectivity index (χ0v) is 9.72. The zero-order valence-electron chi connectivity index (χ0n) is 9.72. The molecule has 86 valence electrons. The second kappa shape index (κ2) is 9.32. The van der Waals surface area contributed by atoms with Crippen LogP contribution in [0.5, 0.6) is 0 Å². The first-order chi connectivity index (χ1) is 6.96. The van der Waals surface area contributed by atoms with E-state index in [4.69, 9.17) is 20.4 Å². The molecule has 0 spiro atoms. The van der Waals surface area contributed by atoms with Gasteiger partial charge in [-0.05, 0) is 17.8 Å². The van der Waals surface area contributed by atoms with Crippen LogP contribution in [0.3, 0.4) is 0 Å². The number of carbonyl (C=O) groups excluding carboxylic acids is 2. The molecule has 0 radical (unpaired) electrons. The molecule has 0 saturated heterocycles. The van der Waals surface area contributed by atoms with Gasteiger partial charge in [-0.25, -0.2) is 20.4 Å². The summed E-state index contributed by atoms with van der Waals surface area (Å²) in [5.41, 5.74) is 0.637. The molecule has 1 aliphatic rings. The predicted octanol–water partition coefficient (Wildman–Crippen LogP) is 3.02. The lowest BCUT2D eigenvalue weighted by molar-refractivity contribution is 0.154. The fourth-order valence-corrected chi connectivity index (χ4v) is 1.67. The molecule has 0 heterocycles. The van der Waals surface area contributed by atoms with Crippen LogP contribution in [-0.4, -0.2) is 12.2 Å². The molecule has 4 heteroatoms. The third-order valence-corrected chi connectivity index (χ3v) is 3.04. The summed E-state index contributed by atoms with van der Waals surface area (Å²) in [5, 5.41) is 10.8. The minimum Gasteiger partial charge on any atom is -0.222 e. The molecule has 0 aromatic heterocycles. The second-order valence-electron chi connectivity index (χ2n) is 4.34. The largest absolute Gasteiger partial charge is 0.231 e. The van der Waals surface area contributed by atoms with Crippen LogP contribution in [0.1, 0.15) is 46.5 Å². The van der Waals surface area contributed by atoms with Crippen molar-refractivity contribution in [1.82, 2.24) is 0 Å². The van der Waals surface area contributed by atoms with Gasteiger partial charge in [0.15, 0.2) is 0 Å². The number of hydrogen-bond acceptors (Lipinski definition) is 4. The third kappa shape index (κ3) is 9.07. The fraction of sp³-hybridized carbons (Fsp3) is 0.818. The van der Waals surface area contributed by atoms with Crippen LogP contribution in [0.25, 0.3) is 0 Å². The minimum atomic E-state index is 0.637. The molecule has 1 fully saturated rings. The van der Waals surface area contributed by atoms with Gasteiger partial charge in [-0.1, -0.05) is 40.0 Å². The Kier molecular flexibility index (Phi) is 10.1. The monoisotopic (exact) mass is 212 g/mol. The summed E-state index contributed by atoms with van der Waals surface area (Å²) in [7, 11) is 0. The molecule has 1 atom stereocenters. The number of rotatable bonds is 0. The lowest BCUT2D eigenvalue weighted by Crippen LogP contribution is -2.24. The molecule has 0 aromatic carbocycles. The Hall–Kier alpha value is -1.24. The van der Waals surface area contributed by atoms with Crippen LogP contribution in [0.15, 0.2) is 0 Å². The highest BCUT2D eigenvalue weighted by Gasteiger charge is 2.27. The maximum atomic E-state index is 8.35. The van der Waals surface area contributed by atoms with Crippen molar-refractivity contribution in [3.8, 4) is 0 Å². The highest BCUT2D eigenvalue weighted by molar-refractivity contribution is 5.26. The maximum Gasteiger partial charge on any atom is 0.231 e. The highest BCUT2D eigenvalue weighted by atomic mass is 16.1. The van der Waals surface area contributed by atoms with Gasteiger partial charge in [0, 0.05) is 0 Å². The van der Waals surface area contributed by atoms with Crippen molar-refractivity contribution in [2.75, 3.05) is 0 Å². The molecular weight excluding hydrogens is 192 g/mol. The van der Waals surface area contributed by atoms with Gasteiger partial charge in [0.1, 0.15) is 0 Å². The fourth-order valence-electron chi connectivity index (χ4n) is 1.67. The van der Waals surface area contributed by atoms with Crippen molar-refractivity contribution in [1.29, 1.82) is 10.8 Å². The van der Waals surface area contributed by atoms with E-state index in [9.17, 15) is 0 Å². The molecule has 2 N–H and O–H groups in total. The van der Waals surface area contributed by atoms with Crippen molar-refractivity contribution in [2.45, 2.75) is 46.5 Å². The SMILES string of the molecule is CC1CCCCC1(C)C.N=C=O.N=C=O. The topological polar surface area (TPSA) is 81.8 Å². The lowest BCUT2D eigenvalue weighted by atomic mass is 9.70. The number of nitrogens with one attached hydrogen (secondary N) is 2. The van der Waals surface area contributed by atoms with Gasteiger partial charge in [0.2, 0.25) is 12.2 Å². The number of hydrogen-bond donors (Lipinski definition) is 2. The van der Waals surface area contributed by atoms with E-state index in [-0.39, 0.29) is 0 Å². The summed E-state index contributed by atoms with van der Waals surface area (Å²) < 4.78 is 0. The lowest BCUT2D eigenvalue weighted by Gasteiger charge is -2.36. The highest BCUT2D eigenvalue weighted by Crippen LogP contribution is 2.39. The first kappa shape index (κ1) is 16.2. The van der Waals surface area contributed by atoms with E-state index in [2.05, 4.69) is 20.8 Å². The van der Waals surface area contributed by atoms with E-state index >= 15 is 0 Å².